The summed E-state index contributed by atoms with van der Waals surface area (Å²) in [5.41, 5.74) is 0. The van der Waals surface area contributed by atoms with Crippen LogP contribution in [0.5, 0.6) is 0 Å². The van der Waals surface area contributed by atoms with Crippen LogP contribution in [0.3, 0.4) is 0 Å². The smallest absolute Gasteiger partial charge is 0.129 e. The zero-order valence-corrected chi connectivity index (χ0v) is 10.7. The first kappa shape index (κ1) is 14.1. The summed E-state index contributed by atoms with van der Waals surface area (Å²) in [6.07, 6.45) is 10.7. The molecule has 0 spiro atoms. The van der Waals surface area contributed by atoms with E-state index in [1.54, 1.807) is 6.33 Å². The highest BCUT2D eigenvalue weighted by molar-refractivity contribution is 4.76. The third kappa shape index (κ3) is 7.11. The van der Waals surface area contributed by atoms with Crippen molar-refractivity contribution in [2.45, 2.75) is 59.3 Å². The summed E-state index contributed by atoms with van der Waals surface area (Å²) in [7, 11) is 1.91. The van der Waals surface area contributed by atoms with Gasteiger partial charge in [0.25, 0.3) is 0 Å². The minimum Gasteiger partial charge on any atom is -0.321 e. The van der Waals surface area contributed by atoms with Gasteiger partial charge in [-0.15, -0.1) is 10.2 Å². The van der Waals surface area contributed by atoms with Crippen LogP contribution in [0.4, 0.5) is 0 Å². The van der Waals surface area contributed by atoms with Gasteiger partial charge >= 0.3 is 0 Å². The molecule has 0 aliphatic heterocycles. The quantitative estimate of drug-likeness (QED) is 0.657. The molecule has 0 aromatic carbocycles. The zero-order chi connectivity index (χ0) is 11.5. The average Bonchev–Trinajstić information content (AvgIpc) is 2.69. The van der Waals surface area contributed by atoms with Crippen LogP contribution >= 0.6 is 0 Å². The monoisotopic (exact) mass is 211 g/mol. The molecule has 88 valence electrons. The van der Waals surface area contributed by atoms with E-state index in [-0.39, 0.29) is 0 Å². The summed E-state index contributed by atoms with van der Waals surface area (Å²) in [6.45, 7) is 5.91. The van der Waals surface area contributed by atoms with Crippen LogP contribution in [0, 0.1) is 6.92 Å². The Bertz CT molecular complexity index is 199. The Labute approximate surface area is 93.9 Å². The molecular formula is C12H25N3. The maximum absolute atomic E-state index is 3.73. The van der Waals surface area contributed by atoms with Gasteiger partial charge in [-0.1, -0.05) is 52.4 Å². The molecule has 0 radical (unpaired) electrons. The lowest BCUT2D eigenvalue weighted by Crippen LogP contribution is -1.86. The normalized spacial score (nSPS) is 14.4. The van der Waals surface area contributed by atoms with Crippen molar-refractivity contribution in [3.63, 3.8) is 0 Å². The lowest BCUT2D eigenvalue weighted by molar-refractivity contribution is 0.504. The fourth-order valence-electron chi connectivity index (χ4n) is 1.40. The molecule has 1 heterocycles. The highest BCUT2D eigenvalue weighted by Crippen LogP contribution is 2.15. The number of hydrogen-bond acceptors (Lipinski definition) is 2. The van der Waals surface area contributed by atoms with Crippen LogP contribution in [0.2, 0.25) is 0 Å². The van der Waals surface area contributed by atoms with Crippen LogP contribution in [0.1, 0.15) is 58.2 Å². The van der Waals surface area contributed by atoms with Crippen LogP contribution in [-0.4, -0.2) is 14.8 Å². The molecule has 0 N–H and O–H groups in total. The van der Waals surface area contributed by atoms with Crippen molar-refractivity contribution >= 4 is 0 Å². The Morgan fingerprint density at radius 1 is 1.00 bits per heavy atom. The van der Waals surface area contributed by atoms with E-state index in [1.807, 2.05) is 32.4 Å². The number of hydrogen-bond donors (Lipinski definition) is 0. The van der Waals surface area contributed by atoms with Crippen molar-refractivity contribution in [2.75, 3.05) is 0 Å². The molecule has 0 amide bonds. The first-order valence-electron chi connectivity index (χ1n) is 6.11. The van der Waals surface area contributed by atoms with Gasteiger partial charge in [-0.2, -0.15) is 0 Å². The van der Waals surface area contributed by atoms with Gasteiger partial charge in [0.1, 0.15) is 12.2 Å². The number of aromatic nitrogens is 3. The van der Waals surface area contributed by atoms with Gasteiger partial charge in [-0.25, -0.2) is 0 Å². The molecule has 1 aliphatic rings. The van der Waals surface area contributed by atoms with Crippen molar-refractivity contribution in [1.82, 2.24) is 14.8 Å². The second-order valence-electron chi connectivity index (χ2n) is 3.61. The summed E-state index contributed by atoms with van der Waals surface area (Å²) in [4.78, 5) is 0. The van der Waals surface area contributed by atoms with Crippen LogP contribution in [-0.2, 0) is 7.05 Å². The minimum atomic E-state index is 0.944. The molecule has 3 nitrogen and oxygen atoms in total. The fourth-order valence-corrected chi connectivity index (χ4v) is 1.40. The number of aryl methyl sites for hydroxylation is 2. The van der Waals surface area contributed by atoms with E-state index in [0.717, 1.165) is 5.82 Å². The third-order valence-electron chi connectivity index (χ3n) is 2.44. The predicted octanol–water partition coefficient (Wildman–Crippen LogP) is 3.49. The molecule has 0 bridgehead atoms. The van der Waals surface area contributed by atoms with E-state index < -0.39 is 0 Å². The molecule has 2 rings (SSSR count). The summed E-state index contributed by atoms with van der Waals surface area (Å²) in [5.74, 6) is 0.944. The highest BCUT2D eigenvalue weighted by Gasteiger charge is 1.95. The maximum Gasteiger partial charge on any atom is 0.129 e. The van der Waals surface area contributed by atoms with Crippen LogP contribution in [0.15, 0.2) is 6.33 Å². The SMILES string of the molecule is C1CCCCC1.CC.Cc1nncn1C. The second-order valence-corrected chi connectivity index (χ2v) is 3.61. The van der Waals surface area contributed by atoms with Crippen molar-refractivity contribution in [1.29, 1.82) is 0 Å². The van der Waals surface area contributed by atoms with Gasteiger partial charge in [0.2, 0.25) is 0 Å². The van der Waals surface area contributed by atoms with Crippen LogP contribution < -0.4 is 0 Å². The number of rotatable bonds is 0. The largest absolute Gasteiger partial charge is 0.321 e. The molecule has 1 fully saturated rings. The first-order chi connectivity index (χ1) is 7.30. The van der Waals surface area contributed by atoms with E-state index in [9.17, 15) is 0 Å². The Hall–Kier alpha value is -0.860. The van der Waals surface area contributed by atoms with E-state index >= 15 is 0 Å². The Morgan fingerprint density at radius 3 is 1.53 bits per heavy atom. The molecule has 1 saturated carbocycles. The van der Waals surface area contributed by atoms with Crippen molar-refractivity contribution in [2.24, 2.45) is 7.05 Å². The van der Waals surface area contributed by atoms with E-state index in [2.05, 4.69) is 10.2 Å². The fraction of sp³-hybridized carbons (Fsp3) is 0.833. The maximum atomic E-state index is 3.73. The lowest BCUT2D eigenvalue weighted by Gasteiger charge is -2.05. The molecule has 0 unspecified atom stereocenters. The predicted molar refractivity (Wildman–Crippen MR) is 64.8 cm³/mol. The van der Waals surface area contributed by atoms with Crippen molar-refractivity contribution in [3.05, 3.63) is 12.2 Å². The van der Waals surface area contributed by atoms with E-state index in [4.69, 9.17) is 0 Å². The van der Waals surface area contributed by atoms with Crippen LogP contribution in [0.25, 0.3) is 0 Å². The van der Waals surface area contributed by atoms with Gasteiger partial charge in [0, 0.05) is 7.05 Å². The van der Waals surface area contributed by atoms with Gasteiger partial charge < -0.3 is 4.57 Å². The molecule has 1 aromatic rings. The zero-order valence-electron chi connectivity index (χ0n) is 10.7. The van der Waals surface area contributed by atoms with Crippen molar-refractivity contribution < 1.29 is 0 Å². The minimum absolute atomic E-state index is 0.944. The summed E-state index contributed by atoms with van der Waals surface area (Å²) < 4.78 is 1.86. The molecule has 0 saturated heterocycles. The highest BCUT2D eigenvalue weighted by atomic mass is 15.2. The Kier molecular flexibility index (Phi) is 9.13. The lowest BCUT2D eigenvalue weighted by atomic mass is 10.0. The molecule has 0 atom stereocenters. The molecular weight excluding hydrogens is 186 g/mol. The first-order valence-corrected chi connectivity index (χ1v) is 6.11. The summed E-state index contributed by atoms with van der Waals surface area (Å²) >= 11 is 0. The van der Waals surface area contributed by atoms with Gasteiger partial charge in [0.15, 0.2) is 0 Å². The molecule has 3 heteroatoms. The summed E-state index contributed by atoms with van der Waals surface area (Å²) in [6, 6.07) is 0. The molecule has 1 aliphatic carbocycles. The van der Waals surface area contributed by atoms with Crippen molar-refractivity contribution in [3.8, 4) is 0 Å². The molecule has 15 heavy (non-hydrogen) atoms. The van der Waals surface area contributed by atoms with E-state index in [1.165, 1.54) is 38.5 Å². The standard InChI is InChI=1S/C6H12.C4H7N3.C2H6/c1-2-4-6-5-3-1;1-4-6-5-3-7(4)2;1-2/h1-6H2;3H,1-2H3;1-2H3. The Balaban J connectivity index is 0.000000227. The van der Waals surface area contributed by atoms with E-state index in [0.29, 0.717) is 0 Å². The van der Waals surface area contributed by atoms with Gasteiger partial charge in [0.05, 0.1) is 0 Å². The Morgan fingerprint density at radius 2 is 1.40 bits per heavy atom. The topological polar surface area (TPSA) is 30.7 Å². The van der Waals surface area contributed by atoms with Gasteiger partial charge in [-0.3, -0.25) is 0 Å². The second kappa shape index (κ2) is 9.69. The third-order valence-corrected chi connectivity index (χ3v) is 2.44. The molecule has 1 aromatic heterocycles. The summed E-state index contributed by atoms with van der Waals surface area (Å²) in [5, 5.41) is 7.36. The average molecular weight is 211 g/mol. The van der Waals surface area contributed by atoms with Gasteiger partial charge in [-0.05, 0) is 6.92 Å². The number of nitrogens with zero attached hydrogens (tertiary/aromatic N) is 3.